The predicted octanol–water partition coefficient (Wildman–Crippen LogP) is -0.375. The van der Waals surface area contributed by atoms with Crippen LogP contribution in [0.25, 0.3) is 0 Å². The van der Waals surface area contributed by atoms with E-state index in [9.17, 15) is 14.4 Å². The van der Waals surface area contributed by atoms with E-state index in [1.165, 1.54) is 0 Å². The molecular formula is C13H21N3O3. The molecule has 19 heavy (non-hydrogen) atoms. The van der Waals surface area contributed by atoms with Gasteiger partial charge in [-0.2, -0.15) is 0 Å². The lowest BCUT2D eigenvalue weighted by molar-refractivity contribution is -0.142. The van der Waals surface area contributed by atoms with Crippen molar-refractivity contribution in [3.8, 4) is 0 Å². The Bertz CT molecular complexity index is 387. The summed E-state index contributed by atoms with van der Waals surface area (Å²) in [6.45, 7) is 2.82. The quantitative estimate of drug-likeness (QED) is 0.714. The highest BCUT2D eigenvalue weighted by molar-refractivity contribution is 5.85. The van der Waals surface area contributed by atoms with Gasteiger partial charge in [0.05, 0.1) is 11.8 Å². The van der Waals surface area contributed by atoms with Gasteiger partial charge in [0.1, 0.15) is 0 Å². The molecule has 3 amide bonds. The molecule has 0 bridgehead atoms. The van der Waals surface area contributed by atoms with Gasteiger partial charge in [0.15, 0.2) is 0 Å². The Morgan fingerprint density at radius 3 is 2.58 bits per heavy atom. The topological polar surface area (TPSA) is 92.5 Å². The van der Waals surface area contributed by atoms with Crippen molar-refractivity contribution in [2.24, 2.45) is 17.6 Å². The maximum atomic E-state index is 12.5. The number of nitrogens with two attached hydrogens (primary N) is 1. The summed E-state index contributed by atoms with van der Waals surface area (Å²) in [6.07, 6.45) is 2.55. The Kier molecular flexibility index (Phi) is 4.07. The molecule has 6 nitrogen and oxygen atoms in total. The van der Waals surface area contributed by atoms with Gasteiger partial charge >= 0.3 is 0 Å². The van der Waals surface area contributed by atoms with Crippen molar-refractivity contribution in [3.63, 3.8) is 0 Å². The third-order valence-corrected chi connectivity index (χ3v) is 4.18. The highest BCUT2D eigenvalue weighted by Crippen LogP contribution is 2.25. The van der Waals surface area contributed by atoms with Crippen LogP contribution in [0.3, 0.4) is 0 Å². The van der Waals surface area contributed by atoms with Gasteiger partial charge in [-0.3, -0.25) is 14.4 Å². The SMILES string of the molecule is CC1CCC(C(N)=O)CN1C(=O)C1CCC(=O)NC1. The van der Waals surface area contributed by atoms with Gasteiger partial charge < -0.3 is 16.0 Å². The number of nitrogens with zero attached hydrogens (tertiary/aromatic N) is 1. The fourth-order valence-electron chi connectivity index (χ4n) is 2.82. The lowest BCUT2D eigenvalue weighted by atomic mass is 9.90. The Hall–Kier alpha value is -1.59. The summed E-state index contributed by atoms with van der Waals surface area (Å²) in [5.74, 6) is -0.684. The molecule has 2 fully saturated rings. The number of hydrogen-bond acceptors (Lipinski definition) is 3. The zero-order valence-corrected chi connectivity index (χ0v) is 11.2. The summed E-state index contributed by atoms with van der Waals surface area (Å²) < 4.78 is 0. The van der Waals surface area contributed by atoms with Gasteiger partial charge in [-0.25, -0.2) is 0 Å². The van der Waals surface area contributed by atoms with Crippen LogP contribution in [0, 0.1) is 11.8 Å². The minimum Gasteiger partial charge on any atom is -0.369 e. The second-order valence-corrected chi connectivity index (χ2v) is 5.56. The zero-order valence-electron chi connectivity index (χ0n) is 11.2. The van der Waals surface area contributed by atoms with Gasteiger partial charge in [-0.15, -0.1) is 0 Å². The summed E-state index contributed by atoms with van der Waals surface area (Å²) in [5, 5.41) is 2.72. The van der Waals surface area contributed by atoms with E-state index in [4.69, 9.17) is 5.73 Å². The van der Waals surface area contributed by atoms with Gasteiger partial charge in [-0.1, -0.05) is 0 Å². The van der Waals surface area contributed by atoms with E-state index in [0.717, 1.165) is 12.8 Å². The minimum absolute atomic E-state index is 0.00533. The van der Waals surface area contributed by atoms with Gasteiger partial charge in [-0.05, 0) is 26.2 Å². The van der Waals surface area contributed by atoms with Crippen LogP contribution in [0.15, 0.2) is 0 Å². The van der Waals surface area contributed by atoms with E-state index >= 15 is 0 Å². The smallest absolute Gasteiger partial charge is 0.227 e. The molecule has 0 spiro atoms. The second-order valence-electron chi connectivity index (χ2n) is 5.56. The third kappa shape index (κ3) is 3.05. The average Bonchev–Trinajstić information content (AvgIpc) is 2.39. The van der Waals surface area contributed by atoms with Gasteiger partial charge in [0, 0.05) is 25.6 Å². The first kappa shape index (κ1) is 13.8. The Morgan fingerprint density at radius 1 is 1.26 bits per heavy atom. The molecule has 3 N–H and O–H groups in total. The van der Waals surface area contributed by atoms with Crippen LogP contribution in [-0.2, 0) is 14.4 Å². The summed E-state index contributed by atoms with van der Waals surface area (Å²) in [4.78, 5) is 36.6. The number of hydrogen-bond donors (Lipinski definition) is 2. The van der Waals surface area contributed by atoms with Gasteiger partial charge in [0.25, 0.3) is 0 Å². The van der Waals surface area contributed by atoms with Crippen LogP contribution >= 0.6 is 0 Å². The van der Waals surface area contributed by atoms with E-state index in [2.05, 4.69) is 5.32 Å². The fraction of sp³-hybridized carbons (Fsp3) is 0.769. The maximum Gasteiger partial charge on any atom is 0.227 e. The molecule has 0 saturated carbocycles. The number of nitrogens with one attached hydrogen (secondary N) is 1. The molecule has 0 aliphatic carbocycles. The molecule has 6 heteroatoms. The summed E-state index contributed by atoms with van der Waals surface area (Å²) in [7, 11) is 0. The standard InChI is InChI=1S/C13H21N3O3/c1-8-2-3-10(12(14)18)7-16(8)13(19)9-4-5-11(17)15-6-9/h8-10H,2-7H2,1H3,(H2,14,18)(H,15,17). The van der Waals surface area contributed by atoms with E-state index in [1.54, 1.807) is 4.90 Å². The van der Waals surface area contributed by atoms with Crippen molar-refractivity contribution in [2.45, 2.75) is 38.6 Å². The largest absolute Gasteiger partial charge is 0.369 e. The number of likely N-dealkylation sites (tertiary alicyclic amines) is 1. The van der Waals surface area contributed by atoms with Crippen LogP contribution < -0.4 is 11.1 Å². The monoisotopic (exact) mass is 267 g/mol. The van der Waals surface area contributed by atoms with Crippen molar-refractivity contribution < 1.29 is 14.4 Å². The number of amides is 3. The molecule has 2 aliphatic rings. The Balaban J connectivity index is 2.00. The summed E-state index contributed by atoms with van der Waals surface area (Å²) in [6, 6.07) is 0.140. The highest BCUT2D eigenvalue weighted by atomic mass is 16.2. The van der Waals surface area contributed by atoms with E-state index < -0.39 is 0 Å². The van der Waals surface area contributed by atoms with E-state index in [1.807, 2.05) is 6.92 Å². The van der Waals surface area contributed by atoms with Crippen LogP contribution in [0.1, 0.15) is 32.6 Å². The summed E-state index contributed by atoms with van der Waals surface area (Å²) >= 11 is 0. The zero-order chi connectivity index (χ0) is 14.0. The first-order valence-electron chi connectivity index (χ1n) is 6.85. The number of piperidine rings is 2. The fourth-order valence-corrected chi connectivity index (χ4v) is 2.82. The number of rotatable bonds is 2. The molecule has 2 saturated heterocycles. The lowest BCUT2D eigenvalue weighted by Crippen LogP contribution is -2.53. The second kappa shape index (κ2) is 5.59. The van der Waals surface area contributed by atoms with Crippen molar-refractivity contribution in [1.29, 1.82) is 0 Å². The highest BCUT2D eigenvalue weighted by Gasteiger charge is 2.35. The molecule has 0 aromatic carbocycles. The molecule has 106 valence electrons. The Labute approximate surface area is 112 Å². The van der Waals surface area contributed by atoms with E-state index in [0.29, 0.717) is 25.9 Å². The minimum atomic E-state index is -0.332. The van der Waals surface area contributed by atoms with Crippen molar-refractivity contribution in [3.05, 3.63) is 0 Å². The normalized spacial score (nSPS) is 31.7. The number of carbonyl (C=O) groups is 3. The molecule has 2 aliphatic heterocycles. The van der Waals surface area contributed by atoms with Crippen LogP contribution in [0.5, 0.6) is 0 Å². The predicted molar refractivity (Wildman–Crippen MR) is 68.8 cm³/mol. The maximum absolute atomic E-state index is 12.5. The van der Waals surface area contributed by atoms with Crippen LogP contribution in [-0.4, -0.2) is 41.8 Å². The first-order valence-corrected chi connectivity index (χ1v) is 6.85. The van der Waals surface area contributed by atoms with Crippen molar-refractivity contribution >= 4 is 17.7 Å². The molecule has 0 radical (unpaired) electrons. The Morgan fingerprint density at radius 2 is 2.00 bits per heavy atom. The molecule has 3 atom stereocenters. The lowest BCUT2D eigenvalue weighted by Gasteiger charge is -2.39. The third-order valence-electron chi connectivity index (χ3n) is 4.18. The van der Waals surface area contributed by atoms with Crippen LogP contribution in [0.4, 0.5) is 0 Å². The van der Waals surface area contributed by atoms with Crippen LogP contribution in [0.2, 0.25) is 0 Å². The van der Waals surface area contributed by atoms with Gasteiger partial charge in [0.2, 0.25) is 17.7 Å². The molecule has 0 aromatic heterocycles. The average molecular weight is 267 g/mol. The number of primary amides is 1. The first-order chi connectivity index (χ1) is 8.99. The molecule has 2 rings (SSSR count). The van der Waals surface area contributed by atoms with Crippen molar-refractivity contribution in [1.82, 2.24) is 10.2 Å². The summed E-state index contributed by atoms with van der Waals surface area (Å²) in [5.41, 5.74) is 5.34. The van der Waals surface area contributed by atoms with Crippen molar-refractivity contribution in [2.75, 3.05) is 13.1 Å². The number of carbonyl (C=O) groups excluding carboxylic acids is 3. The molecule has 2 heterocycles. The van der Waals surface area contributed by atoms with E-state index in [-0.39, 0.29) is 35.6 Å². The molecular weight excluding hydrogens is 246 g/mol. The molecule has 0 aromatic rings. The molecule has 3 unspecified atom stereocenters.